The molecular weight excluding hydrogens is 400 g/mol. The van der Waals surface area contributed by atoms with E-state index in [2.05, 4.69) is 6.07 Å². The number of imide groups is 1. The largest absolute Gasteiger partial charge is 0.496 e. The van der Waals surface area contributed by atoms with Crippen LogP contribution in [0.3, 0.4) is 0 Å². The second kappa shape index (κ2) is 7.68. The summed E-state index contributed by atoms with van der Waals surface area (Å²) < 4.78 is 5.57. The zero-order valence-corrected chi connectivity index (χ0v) is 18.4. The van der Waals surface area contributed by atoms with Crippen LogP contribution in [0.2, 0.25) is 0 Å². The van der Waals surface area contributed by atoms with Crippen molar-refractivity contribution >= 4 is 28.8 Å². The number of carbonyl (C=O) groups is 2. The molecule has 0 fully saturated rings. The number of para-hydroxylation sites is 2. The molecule has 32 heavy (non-hydrogen) atoms. The van der Waals surface area contributed by atoms with Gasteiger partial charge in [-0.2, -0.15) is 0 Å². The minimum absolute atomic E-state index is 0.304. The lowest BCUT2D eigenvalue weighted by Gasteiger charge is -2.22. The maximum atomic E-state index is 13.9. The van der Waals surface area contributed by atoms with Crippen molar-refractivity contribution in [2.24, 2.45) is 0 Å². The number of hydrogen-bond donors (Lipinski definition) is 0. The van der Waals surface area contributed by atoms with Crippen LogP contribution in [0.1, 0.15) is 22.3 Å². The number of anilines is 2. The van der Waals surface area contributed by atoms with E-state index < -0.39 is 0 Å². The molecule has 0 atom stereocenters. The predicted molar refractivity (Wildman–Crippen MR) is 126 cm³/mol. The number of amides is 2. The summed E-state index contributed by atoms with van der Waals surface area (Å²) in [4.78, 5) is 31.1. The first-order valence-electron chi connectivity index (χ1n) is 10.7. The highest BCUT2D eigenvalue weighted by Gasteiger charge is 2.45. The monoisotopic (exact) mass is 424 g/mol. The second-order valence-electron chi connectivity index (χ2n) is 8.12. The second-order valence-corrected chi connectivity index (χ2v) is 8.12. The van der Waals surface area contributed by atoms with Gasteiger partial charge in [-0.25, -0.2) is 4.90 Å². The van der Waals surface area contributed by atoms with Crippen LogP contribution >= 0.6 is 0 Å². The third-order valence-electron chi connectivity index (χ3n) is 6.41. The third-order valence-corrected chi connectivity index (χ3v) is 6.41. The summed E-state index contributed by atoms with van der Waals surface area (Å²) in [5.41, 5.74) is 6.12. The van der Waals surface area contributed by atoms with E-state index >= 15 is 0 Å². The highest BCUT2D eigenvalue weighted by atomic mass is 16.5. The first-order chi connectivity index (χ1) is 15.5. The van der Waals surface area contributed by atoms with Crippen LogP contribution in [0.5, 0.6) is 5.75 Å². The Morgan fingerprint density at radius 3 is 2.34 bits per heavy atom. The van der Waals surface area contributed by atoms with Gasteiger partial charge in [0.05, 0.1) is 18.4 Å². The summed E-state index contributed by atoms with van der Waals surface area (Å²) in [6.07, 6.45) is 0.823. The van der Waals surface area contributed by atoms with Crippen LogP contribution in [-0.4, -0.2) is 25.5 Å². The number of nitrogens with zero attached hydrogens (tertiary/aromatic N) is 2. The molecule has 0 saturated carbocycles. The quantitative estimate of drug-likeness (QED) is 0.572. The molecular formula is C27H24N2O3. The Balaban J connectivity index is 1.74. The van der Waals surface area contributed by atoms with E-state index in [1.54, 1.807) is 7.11 Å². The number of aryl methyl sites for hydroxylation is 1. The normalized spacial score (nSPS) is 15.6. The van der Waals surface area contributed by atoms with Crippen molar-refractivity contribution in [3.8, 4) is 5.75 Å². The Kier molecular flexibility index (Phi) is 4.82. The van der Waals surface area contributed by atoms with E-state index in [1.165, 1.54) is 10.5 Å². The lowest BCUT2D eigenvalue weighted by atomic mass is 10.0. The highest BCUT2D eigenvalue weighted by Crippen LogP contribution is 2.42. The van der Waals surface area contributed by atoms with Crippen molar-refractivity contribution in [2.45, 2.75) is 20.3 Å². The van der Waals surface area contributed by atoms with Crippen molar-refractivity contribution in [1.82, 2.24) is 0 Å². The molecule has 5 heteroatoms. The van der Waals surface area contributed by atoms with Gasteiger partial charge < -0.3 is 9.64 Å². The Labute approximate surface area is 187 Å². The lowest BCUT2D eigenvalue weighted by molar-refractivity contribution is -0.120. The van der Waals surface area contributed by atoms with E-state index in [0.29, 0.717) is 34.8 Å². The maximum absolute atomic E-state index is 13.9. The number of carbonyl (C=O) groups excluding carboxylic acids is 2. The zero-order valence-electron chi connectivity index (χ0n) is 18.4. The van der Waals surface area contributed by atoms with Crippen molar-refractivity contribution in [3.63, 3.8) is 0 Å². The molecule has 2 amide bonds. The van der Waals surface area contributed by atoms with Gasteiger partial charge in [-0.15, -0.1) is 0 Å². The first kappa shape index (κ1) is 20.1. The topological polar surface area (TPSA) is 49.9 Å². The van der Waals surface area contributed by atoms with Crippen LogP contribution in [0.4, 0.5) is 11.4 Å². The number of rotatable bonds is 4. The summed E-state index contributed by atoms with van der Waals surface area (Å²) in [7, 11) is 1.58. The molecule has 2 aliphatic heterocycles. The molecule has 0 aromatic heterocycles. The van der Waals surface area contributed by atoms with Gasteiger partial charge in [-0.3, -0.25) is 9.59 Å². The Bertz CT molecular complexity index is 1290. The minimum Gasteiger partial charge on any atom is -0.496 e. The fourth-order valence-corrected chi connectivity index (χ4v) is 4.63. The van der Waals surface area contributed by atoms with Gasteiger partial charge in [-0.1, -0.05) is 48.5 Å². The zero-order chi connectivity index (χ0) is 22.4. The standard InChI is InChI=1S/C27H24N2O3/c1-17-9-8-13-21(18(17)2)29-26(30)24(20-11-5-7-14-23(20)32-3)25(27(29)31)28-16-15-19-10-4-6-12-22(19)28/h4-14H,15-16H2,1-3H3. The van der Waals surface area contributed by atoms with E-state index in [0.717, 1.165) is 23.2 Å². The molecule has 0 N–H and O–H groups in total. The third kappa shape index (κ3) is 2.93. The van der Waals surface area contributed by atoms with Crippen molar-refractivity contribution in [2.75, 3.05) is 23.5 Å². The average molecular weight is 425 g/mol. The highest BCUT2D eigenvalue weighted by molar-refractivity contribution is 6.46. The molecule has 5 rings (SSSR count). The Morgan fingerprint density at radius 2 is 1.53 bits per heavy atom. The summed E-state index contributed by atoms with van der Waals surface area (Å²) in [6.45, 7) is 4.57. The summed E-state index contributed by atoms with van der Waals surface area (Å²) in [5.74, 6) is -0.0645. The van der Waals surface area contributed by atoms with E-state index in [4.69, 9.17) is 4.74 Å². The summed E-state index contributed by atoms with van der Waals surface area (Å²) in [5, 5.41) is 0. The van der Waals surface area contributed by atoms with Gasteiger partial charge in [-0.05, 0) is 55.2 Å². The molecule has 2 aliphatic rings. The predicted octanol–water partition coefficient (Wildman–Crippen LogP) is 4.66. The molecule has 2 heterocycles. The molecule has 0 unspecified atom stereocenters. The number of ether oxygens (including phenoxy) is 1. The molecule has 3 aromatic carbocycles. The van der Waals surface area contributed by atoms with Crippen molar-refractivity contribution in [1.29, 1.82) is 0 Å². The van der Waals surface area contributed by atoms with Gasteiger partial charge in [0.1, 0.15) is 11.4 Å². The molecule has 3 aromatic rings. The molecule has 0 radical (unpaired) electrons. The molecule has 0 saturated heterocycles. The fraction of sp³-hybridized carbons (Fsp3) is 0.185. The van der Waals surface area contributed by atoms with Crippen LogP contribution in [0.15, 0.2) is 72.4 Å². The van der Waals surface area contributed by atoms with E-state index in [1.807, 2.05) is 79.4 Å². The van der Waals surface area contributed by atoms with Gasteiger partial charge in [0.25, 0.3) is 11.8 Å². The average Bonchev–Trinajstić information content (AvgIpc) is 3.34. The van der Waals surface area contributed by atoms with Crippen LogP contribution in [-0.2, 0) is 16.0 Å². The number of benzene rings is 3. The summed E-state index contributed by atoms with van der Waals surface area (Å²) in [6, 6.07) is 21.1. The molecule has 0 aliphatic carbocycles. The van der Waals surface area contributed by atoms with Gasteiger partial charge in [0, 0.05) is 17.8 Å². The van der Waals surface area contributed by atoms with Crippen LogP contribution in [0, 0.1) is 13.8 Å². The van der Waals surface area contributed by atoms with Gasteiger partial charge >= 0.3 is 0 Å². The fourth-order valence-electron chi connectivity index (χ4n) is 4.63. The molecule has 5 nitrogen and oxygen atoms in total. The molecule has 0 spiro atoms. The number of methoxy groups -OCH3 is 1. The number of fused-ring (bicyclic) bond motifs is 1. The SMILES string of the molecule is COc1ccccc1C1=C(N2CCc3ccccc32)C(=O)N(c2cccc(C)c2C)C1=O. The van der Waals surface area contributed by atoms with Crippen LogP contribution in [0.25, 0.3) is 5.57 Å². The van der Waals surface area contributed by atoms with Crippen LogP contribution < -0.4 is 14.5 Å². The van der Waals surface area contributed by atoms with Gasteiger partial charge in [0.2, 0.25) is 0 Å². The van der Waals surface area contributed by atoms with Crippen molar-refractivity contribution in [3.05, 3.63) is 94.7 Å². The van der Waals surface area contributed by atoms with Crippen molar-refractivity contribution < 1.29 is 14.3 Å². The Morgan fingerprint density at radius 1 is 0.812 bits per heavy atom. The summed E-state index contributed by atoms with van der Waals surface area (Å²) >= 11 is 0. The van der Waals surface area contributed by atoms with E-state index in [9.17, 15) is 9.59 Å². The lowest BCUT2D eigenvalue weighted by Crippen LogP contribution is -2.35. The van der Waals surface area contributed by atoms with Gasteiger partial charge in [0.15, 0.2) is 0 Å². The first-order valence-corrected chi connectivity index (χ1v) is 10.7. The molecule has 0 bridgehead atoms. The van der Waals surface area contributed by atoms with E-state index in [-0.39, 0.29) is 11.8 Å². The minimum atomic E-state index is -0.326. The molecule has 160 valence electrons. The smallest absolute Gasteiger partial charge is 0.282 e. The maximum Gasteiger partial charge on any atom is 0.282 e. The number of hydrogen-bond acceptors (Lipinski definition) is 4. The Hall–Kier alpha value is -3.86.